The Morgan fingerprint density at radius 3 is 2.25 bits per heavy atom. The van der Waals surface area contributed by atoms with Gasteiger partial charge in [0, 0.05) is 55.9 Å². The third-order valence-corrected chi connectivity index (χ3v) is 5.38. The van der Waals surface area contributed by atoms with E-state index in [4.69, 9.17) is 0 Å². The molecule has 1 aliphatic heterocycles. The normalized spacial score (nSPS) is 15.6. The number of anilines is 1. The number of aryl methyl sites for hydroxylation is 1. The monoisotopic (exact) mass is 386 g/mol. The fourth-order valence-electron chi connectivity index (χ4n) is 3.50. The molecule has 0 unspecified atom stereocenters. The van der Waals surface area contributed by atoms with Gasteiger partial charge in [0.15, 0.2) is 5.78 Å². The zero-order chi connectivity index (χ0) is 20.3. The van der Waals surface area contributed by atoms with E-state index in [0.717, 1.165) is 43.1 Å². The summed E-state index contributed by atoms with van der Waals surface area (Å²) in [6, 6.07) is 7.82. The first kappa shape index (κ1) is 20.2. The predicted molar refractivity (Wildman–Crippen MR) is 107 cm³/mol. The van der Waals surface area contributed by atoms with Gasteiger partial charge in [0.2, 0.25) is 5.91 Å². The number of halogens is 1. The smallest absolute Gasteiger partial charge is 0.238 e. The molecule has 1 aliphatic rings. The van der Waals surface area contributed by atoms with Gasteiger partial charge in [-0.15, -0.1) is 0 Å². The van der Waals surface area contributed by atoms with Crippen LogP contribution in [0.25, 0.3) is 0 Å². The molecule has 0 radical (unpaired) electrons. The number of carbonyl (C=O) groups excluding carboxylic acids is 2. The van der Waals surface area contributed by atoms with Crippen molar-refractivity contribution in [1.82, 2.24) is 14.4 Å². The van der Waals surface area contributed by atoms with Crippen LogP contribution in [0.2, 0.25) is 0 Å². The maximum absolute atomic E-state index is 13.2. The van der Waals surface area contributed by atoms with E-state index in [1.54, 1.807) is 12.1 Å². The summed E-state index contributed by atoms with van der Waals surface area (Å²) in [6.45, 7) is 7.54. The Morgan fingerprint density at radius 1 is 1.04 bits per heavy atom. The minimum absolute atomic E-state index is 0.137. The Labute approximate surface area is 164 Å². The number of hydrogen-bond acceptors (Lipinski definition) is 4. The third kappa shape index (κ3) is 4.85. The molecule has 0 aliphatic carbocycles. The molecule has 7 heteroatoms. The number of benzene rings is 1. The average molecular weight is 386 g/mol. The van der Waals surface area contributed by atoms with Crippen molar-refractivity contribution in [1.29, 1.82) is 0 Å². The van der Waals surface area contributed by atoms with Crippen LogP contribution in [0, 0.1) is 19.7 Å². The number of ketones is 1. The molecule has 0 saturated carbocycles. The minimum atomic E-state index is -0.375. The summed E-state index contributed by atoms with van der Waals surface area (Å²) in [7, 11) is 1.97. The van der Waals surface area contributed by atoms with E-state index in [-0.39, 0.29) is 24.1 Å². The second kappa shape index (κ2) is 8.67. The quantitative estimate of drug-likeness (QED) is 0.774. The molecule has 0 bridgehead atoms. The molecule has 1 aromatic carbocycles. The van der Waals surface area contributed by atoms with Crippen LogP contribution in [0.15, 0.2) is 30.3 Å². The van der Waals surface area contributed by atoms with Crippen molar-refractivity contribution in [3.63, 3.8) is 0 Å². The Morgan fingerprint density at radius 2 is 1.68 bits per heavy atom. The summed E-state index contributed by atoms with van der Waals surface area (Å²) in [5, 5.41) is 2.72. The molecular formula is C21H27FN4O2. The lowest BCUT2D eigenvalue weighted by molar-refractivity contribution is -0.117. The van der Waals surface area contributed by atoms with Crippen molar-refractivity contribution in [3.8, 4) is 0 Å². The summed E-state index contributed by atoms with van der Waals surface area (Å²) < 4.78 is 15.2. The maximum Gasteiger partial charge on any atom is 0.238 e. The van der Waals surface area contributed by atoms with Gasteiger partial charge >= 0.3 is 0 Å². The van der Waals surface area contributed by atoms with Gasteiger partial charge in [-0.1, -0.05) is 6.07 Å². The fraction of sp³-hybridized carbons (Fsp3) is 0.429. The molecule has 1 aromatic heterocycles. The molecule has 1 N–H and O–H groups in total. The summed E-state index contributed by atoms with van der Waals surface area (Å²) in [5.74, 6) is -0.399. The number of amides is 1. The highest BCUT2D eigenvalue weighted by Crippen LogP contribution is 2.15. The Bertz CT molecular complexity index is 869. The number of rotatable bonds is 6. The maximum atomic E-state index is 13.2. The summed E-state index contributed by atoms with van der Waals surface area (Å²) in [5.41, 5.74) is 3.32. The number of hydrogen-bond donors (Lipinski definition) is 1. The van der Waals surface area contributed by atoms with Crippen LogP contribution in [0.5, 0.6) is 0 Å². The Kier molecular flexibility index (Phi) is 6.26. The lowest BCUT2D eigenvalue weighted by atomic mass is 10.1. The van der Waals surface area contributed by atoms with Gasteiger partial charge in [-0.25, -0.2) is 4.39 Å². The number of carbonyl (C=O) groups is 2. The van der Waals surface area contributed by atoms with Crippen molar-refractivity contribution < 1.29 is 14.0 Å². The molecule has 150 valence electrons. The first-order valence-electron chi connectivity index (χ1n) is 9.49. The molecule has 3 rings (SSSR count). The van der Waals surface area contributed by atoms with Gasteiger partial charge in [-0.3, -0.25) is 19.4 Å². The molecule has 2 aromatic rings. The predicted octanol–water partition coefficient (Wildman–Crippen LogP) is 2.22. The molecule has 28 heavy (non-hydrogen) atoms. The average Bonchev–Trinajstić information content (AvgIpc) is 2.91. The van der Waals surface area contributed by atoms with Crippen LogP contribution >= 0.6 is 0 Å². The van der Waals surface area contributed by atoms with Gasteiger partial charge in [-0.2, -0.15) is 0 Å². The van der Waals surface area contributed by atoms with Gasteiger partial charge in [0.05, 0.1) is 13.1 Å². The molecule has 0 spiro atoms. The van der Waals surface area contributed by atoms with Crippen LogP contribution in [-0.2, 0) is 11.8 Å². The highest BCUT2D eigenvalue weighted by Gasteiger charge is 2.22. The van der Waals surface area contributed by atoms with E-state index >= 15 is 0 Å². The number of nitrogens with one attached hydrogen (secondary N) is 1. The summed E-state index contributed by atoms with van der Waals surface area (Å²) in [4.78, 5) is 29.0. The zero-order valence-corrected chi connectivity index (χ0v) is 16.7. The fourth-order valence-corrected chi connectivity index (χ4v) is 3.50. The van der Waals surface area contributed by atoms with E-state index in [0.29, 0.717) is 12.2 Å². The lowest BCUT2D eigenvalue weighted by Gasteiger charge is -2.33. The molecule has 2 heterocycles. The molecule has 1 saturated heterocycles. The van der Waals surface area contributed by atoms with Crippen molar-refractivity contribution in [2.24, 2.45) is 7.05 Å². The first-order chi connectivity index (χ1) is 13.3. The third-order valence-electron chi connectivity index (χ3n) is 5.38. The Balaban J connectivity index is 1.46. The van der Waals surface area contributed by atoms with E-state index in [1.165, 1.54) is 12.1 Å². The van der Waals surface area contributed by atoms with Crippen LogP contribution in [0.3, 0.4) is 0 Å². The zero-order valence-electron chi connectivity index (χ0n) is 16.7. The number of Topliss-reactive ketones (excluding diaryl/α,β-unsaturated/α-hetero) is 1. The van der Waals surface area contributed by atoms with E-state index in [2.05, 4.69) is 10.2 Å². The Hall–Kier alpha value is -2.51. The van der Waals surface area contributed by atoms with Crippen LogP contribution in [0.4, 0.5) is 10.1 Å². The largest absolute Gasteiger partial charge is 0.351 e. The molecular weight excluding hydrogens is 359 g/mol. The van der Waals surface area contributed by atoms with Gasteiger partial charge < -0.3 is 9.88 Å². The summed E-state index contributed by atoms with van der Waals surface area (Å²) >= 11 is 0. The van der Waals surface area contributed by atoms with Crippen molar-refractivity contribution in [2.75, 3.05) is 44.6 Å². The second-order valence-electron chi connectivity index (χ2n) is 7.38. The molecule has 1 amide bonds. The number of piperazine rings is 1. The molecule has 6 nitrogen and oxygen atoms in total. The van der Waals surface area contributed by atoms with Gasteiger partial charge in [0.1, 0.15) is 5.82 Å². The topological polar surface area (TPSA) is 57.6 Å². The van der Waals surface area contributed by atoms with E-state index < -0.39 is 0 Å². The highest BCUT2D eigenvalue weighted by atomic mass is 19.1. The first-order valence-corrected chi connectivity index (χ1v) is 9.49. The molecule has 1 fully saturated rings. The minimum Gasteiger partial charge on any atom is -0.351 e. The number of aromatic nitrogens is 1. The van der Waals surface area contributed by atoms with Gasteiger partial charge in [0.25, 0.3) is 0 Å². The summed E-state index contributed by atoms with van der Waals surface area (Å²) in [6.07, 6.45) is 0. The lowest BCUT2D eigenvalue weighted by Crippen LogP contribution is -2.49. The highest BCUT2D eigenvalue weighted by molar-refractivity contribution is 5.99. The SMILES string of the molecule is Cc1cc(C(=O)CN2CCN(CC(=O)Nc3cccc(F)c3)CC2)c(C)n1C. The van der Waals surface area contributed by atoms with Crippen molar-refractivity contribution >= 4 is 17.4 Å². The van der Waals surface area contributed by atoms with E-state index in [1.807, 2.05) is 36.4 Å². The van der Waals surface area contributed by atoms with Crippen molar-refractivity contribution in [2.45, 2.75) is 13.8 Å². The molecule has 0 atom stereocenters. The van der Waals surface area contributed by atoms with Crippen LogP contribution in [0.1, 0.15) is 21.7 Å². The standard InChI is InChI=1S/C21H27FN4O2/c1-15-11-19(16(2)24(15)3)20(27)13-25-7-9-26(10-8-25)14-21(28)23-18-6-4-5-17(22)12-18/h4-6,11-12H,7-10,13-14H2,1-3H3,(H,23,28). The van der Waals surface area contributed by atoms with Crippen molar-refractivity contribution in [3.05, 3.63) is 53.1 Å². The number of nitrogens with zero attached hydrogens (tertiary/aromatic N) is 3. The van der Waals surface area contributed by atoms with Crippen LogP contribution in [-0.4, -0.2) is 65.3 Å². The van der Waals surface area contributed by atoms with E-state index in [9.17, 15) is 14.0 Å². The van der Waals surface area contributed by atoms with Crippen LogP contribution < -0.4 is 5.32 Å². The van der Waals surface area contributed by atoms with Gasteiger partial charge in [-0.05, 0) is 38.1 Å². The second-order valence-corrected chi connectivity index (χ2v) is 7.38.